The molecule has 0 unspecified atom stereocenters. The van der Waals surface area contributed by atoms with Crippen LogP contribution < -0.4 is 0 Å². The maximum Gasteiger partial charge on any atom is 0.442 e. The lowest BCUT2D eigenvalue weighted by Crippen LogP contribution is -2.07. The van der Waals surface area contributed by atoms with Crippen LogP contribution in [0.3, 0.4) is 0 Å². The van der Waals surface area contributed by atoms with Crippen molar-refractivity contribution in [2.75, 3.05) is 6.67 Å². The van der Waals surface area contributed by atoms with Crippen LogP contribution in [0.2, 0.25) is 0 Å². The molecule has 0 aliphatic carbocycles. The van der Waals surface area contributed by atoms with Crippen molar-refractivity contribution in [1.29, 1.82) is 0 Å². The summed E-state index contributed by atoms with van der Waals surface area (Å²) in [7, 11) is 0. The number of rotatable bonds is 1. The Morgan fingerprint density at radius 3 is 1.89 bits per heavy atom. The Labute approximate surface area is 48.0 Å². The minimum atomic E-state index is -5.04. The predicted octanol–water partition coefficient (Wildman–Crippen LogP) is 2.37. The summed E-state index contributed by atoms with van der Waals surface area (Å²) in [6, 6.07) is 0. The van der Waals surface area contributed by atoms with Gasteiger partial charge in [-0.05, 0) is 6.08 Å². The Morgan fingerprint density at radius 2 is 1.78 bits per heavy atom. The fourth-order valence-corrected chi connectivity index (χ4v) is 0.183. The van der Waals surface area contributed by atoms with Crippen molar-refractivity contribution in [2.45, 2.75) is 6.18 Å². The van der Waals surface area contributed by atoms with Crippen LogP contribution in [-0.2, 0) is 0 Å². The van der Waals surface area contributed by atoms with Crippen LogP contribution in [0.5, 0.6) is 0 Å². The molecule has 0 aromatic heterocycles. The molecule has 9 heavy (non-hydrogen) atoms. The topological polar surface area (TPSA) is 0 Å². The van der Waals surface area contributed by atoms with Crippen molar-refractivity contribution in [3.63, 3.8) is 0 Å². The van der Waals surface area contributed by atoms with E-state index in [1.807, 2.05) is 0 Å². The Bertz CT molecular complexity index is 111. The van der Waals surface area contributed by atoms with Gasteiger partial charge < -0.3 is 0 Å². The highest BCUT2D eigenvalue weighted by molar-refractivity contribution is 4.98. The molecule has 0 saturated heterocycles. The van der Waals surface area contributed by atoms with E-state index < -0.39 is 18.7 Å². The van der Waals surface area contributed by atoms with Crippen molar-refractivity contribution in [3.8, 4) is 0 Å². The van der Waals surface area contributed by atoms with Gasteiger partial charge in [0.25, 0.3) is 0 Å². The first-order valence-corrected chi connectivity index (χ1v) is 1.97. The molecule has 0 fully saturated rings. The van der Waals surface area contributed by atoms with Crippen molar-refractivity contribution < 1.29 is 22.0 Å². The van der Waals surface area contributed by atoms with Crippen molar-refractivity contribution in [3.05, 3.63) is 11.9 Å². The molecule has 0 radical (unpaired) electrons. The van der Waals surface area contributed by atoms with Crippen molar-refractivity contribution in [1.82, 2.24) is 0 Å². The van der Waals surface area contributed by atoms with Crippen molar-refractivity contribution in [2.24, 2.45) is 0 Å². The monoisotopic (exact) mass is 146 g/mol. The molecule has 0 aromatic rings. The molecule has 5 heteroatoms. The number of alkyl halides is 4. The molecule has 0 N–H and O–H groups in total. The second-order valence-corrected chi connectivity index (χ2v) is 1.20. The fourth-order valence-electron chi connectivity index (χ4n) is 0.183. The molecule has 0 saturated carbocycles. The molecule has 0 aliphatic rings. The van der Waals surface area contributed by atoms with Gasteiger partial charge in [0, 0.05) is 0 Å². The van der Waals surface area contributed by atoms with Gasteiger partial charge in [-0.25, -0.2) is 8.78 Å². The normalized spacial score (nSPS) is 14.1. The quantitative estimate of drug-likeness (QED) is 0.498. The molecule has 0 bridgehead atoms. The predicted molar refractivity (Wildman–Crippen MR) is 21.2 cm³/mol. The fraction of sp³-hybridized carbons (Fsp3) is 0.500. The average molecular weight is 146 g/mol. The Balaban J connectivity index is 4.03. The maximum atomic E-state index is 11.4. The van der Waals surface area contributed by atoms with Gasteiger partial charge in [0.05, 0.1) is 0 Å². The lowest BCUT2D eigenvalue weighted by Gasteiger charge is -1.99. The van der Waals surface area contributed by atoms with Crippen molar-refractivity contribution >= 4 is 0 Å². The molecule has 0 rings (SSSR count). The molecule has 0 atom stereocenters. The summed E-state index contributed by atoms with van der Waals surface area (Å²) in [5.41, 5.74) is 0. The highest BCUT2D eigenvalue weighted by Gasteiger charge is 2.33. The number of hydrogen-bond donors (Lipinski definition) is 0. The first-order chi connectivity index (χ1) is 3.98. The minimum Gasteiger partial charge on any atom is -0.246 e. The molecule has 0 aromatic carbocycles. The standard InChI is InChI=1S/C4H3F5/c5-2-1-3(6)4(7,8)9/h1H,2H2/b3-1-. The molecule has 54 valence electrons. The van der Waals surface area contributed by atoms with Gasteiger partial charge in [-0.2, -0.15) is 13.2 Å². The van der Waals surface area contributed by atoms with Gasteiger partial charge >= 0.3 is 6.18 Å². The van der Waals surface area contributed by atoms with E-state index in [1.165, 1.54) is 0 Å². The van der Waals surface area contributed by atoms with Gasteiger partial charge in [0.15, 0.2) is 0 Å². The third-order valence-corrected chi connectivity index (χ3v) is 0.527. The van der Waals surface area contributed by atoms with E-state index in [1.54, 1.807) is 0 Å². The second kappa shape index (κ2) is 2.80. The molecule has 0 nitrogen and oxygen atoms in total. The van der Waals surface area contributed by atoms with Gasteiger partial charge in [0.1, 0.15) is 6.67 Å². The maximum absolute atomic E-state index is 11.4. The van der Waals surface area contributed by atoms with Crippen LogP contribution in [0.1, 0.15) is 0 Å². The summed E-state index contributed by atoms with van der Waals surface area (Å²) in [5.74, 6) is -2.38. The number of halogens is 5. The molecule has 0 heterocycles. The Morgan fingerprint density at radius 1 is 1.33 bits per heavy atom. The summed E-state index contributed by atoms with van der Waals surface area (Å²) in [4.78, 5) is 0. The van der Waals surface area contributed by atoms with Gasteiger partial charge in [-0.15, -0.1) is 0 Å². The summed E-state index contributed by atoms with van der Waals surface area (Å²) < 4.78 is 55.4. The highest BCUT2D eigenvalue weighted by atomic mass is 19.4. The molecule has 0 amide bonds. The van der Waals surface area contributed by atoms with Gasteiger partial charge in [0.2, 0.25) is 5.83 Å². The van der Waals surface area contributed by atoms with Crippen LogP contribution in [-0.4, -0.2) is 12.9 Å². The van der Waals surface area contributed by atoms with Crippen LogP contribution in [0, 0.1) is 0 Å². The Hall–Kier alpha value is -0.610. The first-order valence-electron chi connectivity index (χ1n) is 1.97. The number of hydrogen-bond acceptors (Lipinski definition) is 0. The third-order valence-electron chi connectivity index (χ3n) is 0.527. The average Bonchev–Trinajstić information content (AvgIpc) is 1.64. The minimum absolute atomic E-state index is 0.167. The third kappa shape index (κ3) is 3.05. The van der Waals surface area contributed by atoms with E-state index >= 15 is 0 Å². The molecule has 0 spiro atoms. The SMILES string of the molecule is FC/C=C(\F)C(F)(F)F. The largest absolute Gasteiger partial charge is 0.442 e. The van der Waals surface area contributed by atoms with Crippen LogP contribution in [0.15, 0.2) is 11.9 Å². The van der Waals surface area contributed by atoms with Gasteiger partial charge in [-0.3, -0.25) is 0 Å². The first kappa shape index (κ1) is 8.39. The molecular weight excluding hydrogens is 143 g/mol. The summed E-state index contributed by atoms with van der Waals surface area (Å²) >= 11 is 0. The highest BCUT2D eigenvalue weighted by Crippen LogP contribution is 2.25. The number of allylic oxidation sites excluding steroid dienone is 2. The van der Waals surface area contributed by atoms with E-state index in [2.05, 4.69) is 0 Å². The van der Waals surface area contributed by atoms with E-state index in [0.29, 0.717) is 0 Å². The Kier molecular flexibility index (Phi) is 2.61. The zero-order valence-electron chi connectivity index (χ0n) is 4.17. The van der Waals surface area contributed by atoms with E-state index in [-0.39, 0.29) is 6.08 Å². The van der Waals surface area contributed by atoms with Gasteiger partial charge in [-0.1, -0.05) is 0 Å². The zero-order chi connectivity index (χ0) is 7.49. The summed E-state index contributed by atoms with van der Waals surface area (Å²) in [6.45, 7) is -1.44. The molecular formula is C4H3F5. The van der Waals surface area contributed by atoms with E-state index in [4.69, 9.17) is 0 Å². The van der Waals surface area contributed by atoms with Crippen LogP contribution >= 0.6 is 0 Å². The second-order valence-electron chi connectivity index (χ2n) is 1.20. The summed E-state index contributed by atoms with van der Waals surface area (Å²) in [5, 5.41) is 0. The smallest absolute Gasteiger partial charge is 0.246 e. The lowest BCUT2D eigenvalue weighted by atomic mass is 10.5. The lowest BCUT2D eigenvalue weighted by molar-refractivity contribution is -0.109. The van der Waals surface area contributed by atoms with Crippen LogP contribution in [0.4, 0.5) is 22.0 Å². The molecule has 0 aliphatic heterocycles. The van der Waals surface area contributed by atoms with E-state index in [0.717, 1.165) is 0 Å². The van der Waals surface area contributed by atoms with E-state index in [9.17, 15) is 22.0 Å². The van der Waals surface area contributed by atoms with Crippen LogP contribution in [0.25, 0.3) is 0 Å². The zero-order valence-corrected chi connectivity index (χ0v) is 4.17. The summed E-state index contributed by atoms with van der Waals surface area (Å²) in [6.07, 6.45) is -5.20.